The van der Waals surface area contributed by atoms with Crippen molar-refractivity contribution in [2.24, 2.45) is 0 Å². The fourth-order valence-electron chi connectivity index (χ4n) is 1.61. The maximum absolute atomic E-state index is 12.4. The summed E-state index contributed by atoms with van der Waals surface area (Å²) in [4.78, 5) is 0.0457. The first-order valence-corrected chi connectivity index (χ1v) is 7.61. The molecule has 19 heavy (non-hydrogen) atoms. The molecule has 0 amide bonds. The van der Waals surface area contributed by atoms with E-state index >= 15 is 0 Å². The number of ether oxygens (including phenoxy) is 1. The molecule has 0 aliphatic rings. The number of rotatable bonds is 7. The molecule has 1 N–H and O–H groups in total. The van der Waals surface area contributed by atoms with Crippen molar-refractivity contribution in [1.82, 2.24) is 4.31 Å². The van der Waals surface area contributed by atoms with Gasteiger partial charge in [-0.2, -0.15) is 4.31 Å². The van der Waals surface area contributed by atoms with Gasteiger partial charge in [0.25, 0.3) is 0 Å². The highest BCUT2D eigenvalue weighted by Gasteiger charge is 2.26. The van der Waals surface area contributed by atoms with Crippen molar-refractivity contribution < 1.29 is 18.3 Å². The van der Waals surface area contributed by atoms with Crippen LogP contribution < -0.4 is 0 Å². The van der Waals surface area contributed by atoms with Crippen LogP contribution in [0.4, 0.5) is 0 Å². The summed E-state index contributed by atoms with van der Waals surface area (Å²) in [5.41, 5.74) is 0.884. The van der Waals surface area contributed by atoms with Crippen molar-refractivity contribution in [2.45, 2.75) is 11.8 Å². The highest BCUT2D eigenvalue weighted by Crippen LogP contribution is 2.25. The minimum atomic E-state index is -3.72. The lowest BCUT2D eigenvalue weighted by Gasteiger charge is -2.21. The standard InChI is InChI=1S/C12H18ClNO4S/c1-10-3-4-12(11(13)9-10)19(16,17)14(5-7-15)6-8-18-2/h3-4,9,15H,5-8H2,1-2H3. The molecule has 1 aromatic rings. The summed E-state index contributed by atoms with van der Waals surface area (Å²) in [6.45, 7) is 2.01. The quantitative estimate of drug-likeness (QED) is 0.824. The summed E-state index contributed by atoms with van der Waals surface area (Å²) in [6, 6.07) is 4.76. The van der Waals surface area contributed by atoms with Crippen LogP contribution in [-0.4, -0.2) is 51.2 Å². The van der Waals surface area contributed by atoms with Crippen molar-refractivity contribution in [2.75, 3.05) is 33.4 Å². The molecule has 0 saturated carbocycles. The lowest BCUT2D eigenvalue weighted by molar-refractivity contribution is 0.168. The Bertz CT molecular complexity index is 518. The molecule has 0 unspecified atom stereocenters. The third kappa shape index (κ3) is 4.15. The first-order chi connectivity index (χ1) is 8.93. The zero-order chi connectivity index (χ0) is 14.5. The van der Waals surface area contributed by atoms with Gasteiger partial charge < -0.3 is 9.84 Å². The molecule has 0 heterocycles. The second-order valence-corrected chi connectivity index (χ2v) is 6.37. The van der Waals surface area contributed by atoms with E-state index in [0.29, 0.717) is 0 Å². The van der Waals surface area contributed by atoms with Crippen molar-refractivity contribution in [3.63, 3.8) is 0 Å². The second-order valence-electron chi connectivity index (χ2n) is 4.05. The normalized spacial score (nSPS) is 12.1. The summed E-state index contributed by atoms with van der Waals surface area (Å²) >= 11 is 5.99. The third-order valence-electron chi connectivity index (χ3n) is 2.60. The van der Waals surface area contributed by atoms with E-state index in [1.807, 2.05) is 6.92 Å². The number of benzene rings is 1. The smallest absolute Gasteiger partial charge is 0.244 e. The molecule has 0 aliphatic heterocycles. The topological polar surface area (TPSA) is 66.8 Å². The second kappa shape index (κ2) is 7.21. The zero-order valence-corrected chi connectivity index (χ0v) is 12.5. The lowest BCUT2D eigenvalue weighted by Crippen LogP contribution is -2.36. The first kappa shape index (κ1) is 16.4. The van der Waals surface area contributed by atoms with Gasteiger partial charge in [-0.1, -0.05) is 17.7 Å². The van der Waals surface area contributed by atoms with Crippen LogP contribution in [0.25, 0.3) is 0 Å². The Morgan fingerprint density at radius 1 is 1.37 bits per heavy atom. The van der Waals surface area contributed by atoms with Gasteiger partial charge in [-0.05, 0) is 24.6 Å². The van der Waals surface area contributed by atoms with Crippen LogP contribution >= 0.6 is 11.6 Å². The molecule has 1 aromatic carbocycles. The van der Waals surface area contributed by atoms with Crippen LogP contribution in [0.1, 0.15) is 5.56 Å². The largest absolute Gasteiger partial charge is 0.395 e. The van der Waals surface area contributed by atoms with Crippen LogP contribution in [-0.2, 0) is 14.8 Å². The van der Waals surface area contributed by atoms with Gasteiger partial charge in [-0.3, -0.25) is 0 Å². The monoisotopic (exact) mass is 307 g/mol. The SMILES string of the molecule is COCCN(CCO)S(=O)(=O)c1ccc(C)cc1Cl. The van der Waals surface area contributed by atoms with E-state index < -0.39 is 10.0 Å². The van der Waals surface area contributed by atoms with E-state index in [2.05, 4.69) is 0 Å². The lowest BCUT2D eigenvalue weighted by atomic mass is 10.2. The van der Waals surface area contributed by atoms with Gasteiger partial charge in [0, 0.05) is 20.2 Å². The summed E-state index contributed by atoms with van der Waals surface area (Å²) in [5.74, 6) is 0. The fourth-order valence-corrected chi connectivity index (χ4v) is 3.60. The van der Waals surface area contributed by atoms with Crippen molar-refractivity contribution >= 4 is 21.6 Å². The molecular weight excluding hydrogens is 290 g/mol. The molecule has 5 nitrogen and oxygen atoms in total. The molecular formula is C12H18ClNO4S. The van der Waals surface area contributed by atoms with Crippen LogP contribution in [0, 0.1) is 6.92 Å². The number of hydrogen-bond acceptors (Lipinski definition) is 4. The van der Waals surface area contributed by atoms with E-state index in [0.717, 1.165) is 9.87 Å². The van der Waals surface area contributed by atoms with E-state index in [4.69, 9.17) is 21.4 Å². The molecule has 0 atom stereocenters. The number of sulfonamides is 1. The number of halogens is 1. The summed E-state index contributed by atoms with van der Waals surface area (Å²) in [6.07, 6.45) is 0. The predicted octanol–water partition coefficient (Wildman–Crippen LogP) is 1.28. The first-order valence-electron chi connectivity index (χ1n) is 5.79. The van der Waals surface area contributed by atoms with E-state index in [9.17, 15) is 8.42 Å². The number of aryl methyl sites for hydroxylation is 1. The maximum Gasteiger partial charge on any atom is 0.244 e. The van der Waals surface area contributed by atoms with Crippen LogP contribution in [0.2, 0.25) is 5.02 Å². The molecule has 0 fully saturated rings. The molecule has 0 saturated heterocycles. The van der Waals surface area contributed by atoms with Crippen LogP contribution in [0.3, 0.4) is 0 Å². The van der Waals surface area contributed by atoms with E-state index in [-0.39, 0.29) is 36.2 Å². The highest BCUT2D eigenvalue weighted by atomic mass is 35.5. The van der Waals surface area contributed by atoms with Crippen molar-refractivity contribution in [1.29, 1.82) is 0 Å². The van der Waals surface area contributed by atoms with Crippen molar-refractivity contribution in [3.8, 4) is 0 Å². The minimum absolute atomic E-state index is 0.00982. The Kier molecular flexibility index (Phi) is 6.22. The van der Waals surface area contributed by atoms with Gasteiger partial charge in [-0.15, -0.1) is 0 Å². The highest BCUT2D eigenvalue weighted by molar-refractivity contribution is 7.89. The fraction of sp³-hybridized carbons (Fsp3) is 0.500. The predicted molar refractivity (Wildman–Crippen MR) is 73.9 cm³/mol. The Balaban J connectivity index is 3.11. The van der Waals surface area contributed by atoms with E-state index in [1.165, 1.54) is 13.2 Å². The van der Waals surface area contributed by atoms with Gasteiger partial charge in [0.2, 0.25) is 10.0 Å². The maximum atomic E-state index is 12.4. The van der Waals surface area contributed by atoms with Gasteiger partial charge >= 0.3 is 0 Å². The molecule has 0 aromatic heterocycles. The Hall–Kier alpha value is -0.660. The number of methoxy groups -OCH3 is 1. The third-order valence-corrected chi connectivity index (χ3v) is 4.98. The molecule has 1 rings (SSSR count). The van der Waals surface area contributed by atoms with Crippen LogP contribution in [0.15, 0.2) is 23.1 Å². The molecule has 108 valence electrons. The van der Waals surface area contributed by atoms with Crippen LogP contribution in [0.5, 0.6) is 0 Å². The molecule has 0 bridgehead atoms. The molecule has 0 radical (unpaired) electrons. The van der Waals surface area contributed by atoms with Gasteiger partial charge in [0.05, 0.1) is 18.2 Å². The average Bonchev–Trinajstić information content (AvgIpc) is 2.33. The van der Waals surface area contributed by atoms with Gasteiger partial charge in [-0.25, -0.2) is 8.42 Å². The Labute approximate surface area is 118 Å². The molecule has 0 aliphatic carbocycles. The number of aliphatic hydroxyl groups is 1. The zero-order valence-electron chi connectivity index (χ0n) is 11.0. The van der Waals surface area contributed by atoms with Gasteiger partial charge in [0.15, 0.2) is 0 Å². The van der Waals surface area contributed by atoms with E-state index in [1.54, 1.807) is 12.1 Å². The average molecular weight is 308 g/mol. The van der Waals surface area contributed by atoms with Crippen molar-refractivity contribution in [3.05, 3.63) is 28.8 Å². The summed E-state index contributed by atoms with van der Waals surface area (Å²) in [5, 5.41) is 9.16. The minimum Gasteiger partial charge on any atom is -0.395 e. The Morgan fingerprint density at radius 3 is 2.58 bits per heavy atom. The number of hydrogen-bond donors (Lipinski definition) is 1. The number of nitrogens with zero attached hydrogens (tertiary/aromatic N) is 1. The Morgan fingerprint density at radius 2 is 2.05 bits per heavy atom. The molecule has 0 spiro atoms. The summed E-state index contributed by atoms with van der Waals surface area (Å²) < 4.78 is 30.9. The number of aliphatic hydroxyl groups excluding tert-OH is 1. The molecule has 7 heteroatoms. The van der Waals surface area contributed by atoms with Gasteiger partial charge in [0.1, 0.15) is 4.90 Å². The summed E-state index contributed by atoms with van der Waals surface area (Å²) in [7, 11) is -2.23.